The second-order valence-electron chi connectivity index (χ2n) is 12.8. The molecule has 37 heavy (non-hydrogen) atoms. The summed E-state index contributed by atoms with van der Waals surface area (Å²) in [6.45, 7) is 24.7. The topological polar surface area (TPSA) is 67.9 Å². The molecule has 1 N–H and O–H groups in total. The van der Waals surface area contributed by atoms with Crippen molar-refractivity contribution in [1.82, 2.24) is 10.2 Å². The van der Waals surface area contributed by atoms with Gasteiger partial charge >= 0.3 is 0 Å². The van der Waals surface area contributed by atoms with E-state index in [9.17, 15) is 9.59 Å². The van der Waals surface area contributed by atoms with Crippen LogP contribution < -0.4 is 10.1 Å². The highest BCUT2D eigenvalue weighted by Crippen LogP contribution is 2.39. The van der Waals surface area contributed by atoms with Gasteiger partial charge in [-0.1, -0.05) is 67.5 Å². The van der Waals surface area contributed by atoms with Gasteiger partial charge in [0, 0.05) is 19.0 Å². The van der Waals surface area contributed by atoms with Crippen molar-refractivity contribution in [3.63, 3.8) is 0 Å². The third-order valence-electron chi connectivity index (χ3n) is 7.49. The minimum atomic E-state index is -2.04. The zero-order valence-electron chi connectivity index (χ0n) is 24.7. The number of carbonyl (C=O) groups excluding carboxylic acids is 2. The van der Waals surface area contributed by atoms with Crippen molar-refractivity contribution >= 4 is 37.4 Å². The second-order valence-corrected chi connectivity index (χ2v) is 18.0. The van der Waals surface area contributed by atoms with E-state index in [4.69, 9.17) is 21.4 Å². The Bertz CT molecular complexity index is 963. The summed E-state index contributed by atoms with van der Waals surface area (Å²) in [5.74, 6) is 0.566. The first-order valence-corrected chi connectivity index (χ1v) is 16.9. The zero-order chi connectivity index (χ0) is 28.3. The van der Waals surface area contributed by atoms with Crippen LogP contribution in [0.25, 0.3) is 0 Å². The van der Waals surface area contributed by atoms with E-state index < -0.39 is 8.32 Å². The minimum absolute atomic E-state index is 0.0144. The molecule has 0 aromatic heterocycles. The van der Waals surface area contributed by atoms with E-state index >= 15 is 0 Å². The molecule has 0 spiro atoms. The number of hydrogen-bond donors (Lipinski definition) is 1. The first-order valence-electron chi connectivity index (χ1n) is 13.5. The molecule has 0 aliphatic carbocycles. The van der Waals surface area contributed by atoms with E-state index in [0.29, 0.717) is 41.3 Å². The van der Waals surface area contributed by atoms with Crippen molar-refractivity contribution in [3.05, 3.63) is 29.8 Å². The lowest BCUT2D eigenvalue weighted by Gasteiger charge is -2.47. The van der Waals surface area contributed by atoms with Gasteiger partial charge in [-0.25, -0.2) is 0 Å². The summed E-state index contributed by atoms with van der Waals surface area (Å²) in [6, 6.07) is 7.09. The SMILES string of the molecule is CC(C)CN(CC(C)C)C(=O)c1ccccc1OC(=S)[C@H](C)[C@H]1NC(=O)[C@@H]1[C@@H](C)O[Si](C)(C)C(C)(C)C. The van der Waals surface area contributed by atoms with Crippen LogP contribution in [0, 0.1) is 23.7 Å². The lowest BCUT2D eigenvalue weighted by Crippen LogP contribution is -2.67. The molecule has 1 aromatic carbocycles. The summed E-state index contributed by atoms with van der Waals surface area (Å²) in [6.07, 6.45) is -0.223. The molecule has 0 unspecified atom stereocenters. The molecule has 8 heteroatoms. The molecule has 1 saturated heterocycles. The fourth-order valence-electron chi connectivity index (χ4n) is 4.45. The molecule has 0 bridgehead atoms. The van der Waals surface area contributed by atoms with E-state index in [-0.39, 0.29) is 40.8 Å². The van der Waals surface area contributed by atoms with Gasteiger partial charge in [0.2, 0.25) is 5.91 Å². The molecular weight excluding hydrogens is 500 g/mol. The number of rotatable bonds is 11. The average molecular weight is 549 g/mol. The molecule has 0 radical (unpaired) electrons. The number of nitrogens with zero attached hydrogens (tertiary/aromatic N) is 1. The van der Waals surface area contributed by atoms with Crippen LogP contribution in [-0.4, -0.2) is 55.3 Å². The predicted octanol–water partition coefficient (Wildman–Crippen LogP) is 6.31. The highest BCUT2D eigenvalue weighted by Gasteiger charge is 2.50. The van der Waals surface area contributed by atoms with Crippen LogP contribution in [0.4, 0.5) is 0 Å². The van der Waals surface area contributed by atoms with Crippen LogP contribution in [0.1, 0.15) is 72.7 Å². The zero-order valence-corrected chi connectivity index (χ0v) is 26.5. The molecule has 1 aliphatic heterocycles. The van der Waals surface area contributed by atoms with Crippen molar-refractivity contribution in [2.45, 2.75) is 92.6 Å². The maximum atomic E-state index is 13.5. The summed E-state index contributed by atoms with van der Waals surface area (Å²) in [4.78, 5) is 28.0. The largest absolute Gasteiger partial charge is 0.449 e. The normalized spacial score (nSPS) is 19.8. The van der Waals surface area contributed by atoms with Gasteiger partial charge < -0.3 is 19.4 Å². The maximum Gasteiger partial charge on any atom is 0.257 e. The van der Waals surface area contributed by atoms with Gasteiger partial charge in [0.1, 0.15) is 5.75 Å². The Morgan fingerprint density at radius 3 is 2.08 bits per heavy atom. The van der Waals surface area contributed by atoms with E-state index in [1.54, 1.807) is 12.1 Å². The molecule has 4 atom stereocenters. The minimum Gasteiger partial charge on any atom is -0.449 e. The van der Waals surface area contributed by atoms with Crippen molar-refractivity contribution in [2.75, 3.05) is 13.1 Å². The number of β-lactam (4-membered cyclic amide) rings is 1. The number of nitrogens with one attached hydrogen (secondary N) is 1. The predicted molar refractivity (Wildman–Crippen MR) is 158 cm³/mol. The summed E-state index contributed by atoms with van der Waals surface area (Å²) in [5.41, 5.74) is 0.502. The molecule has 6 nitrogen and oxygen atoms in total. The Balaban J connectivity index is 2.18. The van der Waals surface area contributed by atoms with Crippen molar-refractivity contribution in [2.24, 2.45) is 23.7 Å². The highest BCUT2D eigenvalue weighted by molar-refractivity contribution is 7.80. The summed E-state index contributed by atoms with van der Waals surface area (Å²) >= 11 is 5.70. The van der Waals surface area contributed by atoms with E-state index in [1.807, 2.05) is 30.9 Å². The van der Waals surface area contributed by atoms with Crippen LogP contribution in [0.15, 0.2) is 24.3 Å². The van der Waals surface area contributed by atoms with Gasteiger partial charge in [-0.15, -0.1) is 0 Å². The van der Waals surface area contributed by atoms with Crippen molar-refractivity contribution in [1.29, 1.82) is 0 Å². The van der Waals surface area contributed by atoms with Gasteiger partial charge in [0.25, 0.3) is 5.91 Å². The van der Waals surface area contributed by atoms with Crippen molar-refractivity contribution < 1.29 is 18.8 Å². The molecular formula is C29H48N2O4SSi. The van der Waals surface area contributed by atoms with Crippen LogP contribution in [0.2, 0.25) is 18.1 Å². The van der Waals surface area contributed by atoms with Gasteiger partial charge in [-0.2, -0.15) is 0 Å². The molecule has 1 aliphatic rings. The molecule has 0 saturated carbocycles. The number of para-hydroxylation sites is 1. The fraction of sp³-hybridized carbons (Fsp3) is 0.690. The van der Waals surface area contributed by atoms with Crippen LogP contribution in [-0.2, 0) is 9.22 Å². The Morgan fingerprint density at radius 1 is 1.05 bits per heavy atom. The van der Waals surface area contributed by atoms with Gasteiger partial charge in [-0.05, 0) is 61.2 Å². The second kappa shape index (κ2) is 12.4. The Morgan fingerprint density at radius 2 is 1.59 bits per heavy atom. The molecule has 2 rings (SSSR count). The number of benzene rings is 1. The molecule has 1 heterocycles. The summed E-state index contributed by atoms with van der Waals surface area (Å²) in [5, 5.41) is 3.42. The van der Waals surface area contributed by atoms with Crippen LogP contribution in [0.5, 0.6) is 5.75 Å². The van der Waals surface area contributed by atoms with E-state index in [2.05, 4.69) is 66.9 Å². The Hall–Kier alpha value is -1.77. The van der Waals surface area contributed by atoms with Gasteiger partial charge in [0.05, 0.1) is 23.6 Å². The molecule has 208 valence electrons. The fourth-order valence-corrected chi connectivity index (χ4v) is 6.11. The smallest absolute Gasteiger partial charge is 0.257 e. The Labute approximate surface area is 231 Å². The first kappa shape index (κ1) is 31.4. The number of carbonyl (C=O) groups is 2. The lowest BCUT2D eigenvalue weighted by molar-refractivity contribution is -0.141. The highest BCUT2D eigenvalue weighted by atomic mass is 32.1. The number of thiocarbonyl (C=S) groups is 1. The Kier molecular flexibility index (Phi) is 10.5. The monoisotopic (exact) mass is 548 g/mol. The molecule has 1 fully saturated rings. The number of amides is 2. The molecule has 2 amide bonds. The standard InChI is InChI=1S/C29H48N2O4SSi/c1-18(2)16-31(17-19(3)4)27(33)22-14-12-13-15-23(22)34-28(36)20(5)25-24(26(32)30-25)21(6)35-37(10,11)29(7,8)9/h12-15,18-21,24-25H,16-17H2,1-11H3,(H,30,32)/t20-,21-,24-,25-/m1/s1. The lowest BCUT2D eigenvalue weighted by atomic mass is 9.79. The van der Waals surface area contributed by atoms with E-state index in [1.165, 1.54) is 0 Å². The van der Waals surface area contributed by atoms with Gasteiger partial charge in [0.15, 0.2) is 13.4 Å². The third-order valence-corrected chi connectivity index (χ3v) is 12.5. The summed E-state index contributed by atoms with van der Waals surface area (Å²) in [7, 11) is -2.04. The van der Waals surface area contributed by atoms with Crippen LogP contribution >= 0.6 is 12.2 Å². The quantitative estimate of drug-likeness (QED) is 0.199. The molecule has 1 aromatic rings. The summed E-state index contributed by atoms with van der Waals surface area (Å²) < 4.78 is 12.7. The van der Waals surface area contributed by atoms with Gasteiger partial charge in [-0.3, -0.25) is 9.59 Å². The average Bonchev–Trinajstić information content (AvgIpc) is 2.74. The van der Waals surface area contributed by atoms with Crippen molar-refractivity contribution in [3.8, 4) is 5.75 Å². The van der Waals surface area contributed by atoms with E-state index in [0.717, 1.165) is 0 Å². The maximum absolute atomic E-state index is 13.5. The van der Waals surface area contributed by atoms with Crippen LogP contribution in [0.3, 0.4) is 0 Å². The third kappa shape index (κ3) is 7.87. The first-order chi connectivity index (χ1) is 17.0. The number of hydrogen-bond acceptors (Lipinski definition) is 5. The number of ether oxygens (including phenoxy) is 1.